The van der Waals surface area contributed by atoms with E-state index in [0.29, 0.717) is 5.92 Å². The molecule has 0 aliphatic heterocycles. The lowest BCUT2D eigenvalue weighted by molar-refractivity contribution is 0.153. The predicted octanol–water partition coefficient (Wildman–Crippen LogP) is 4.41. The minimum Gasteiger partial charge on any atom is -0.388 e. The van der Waals surface area contributed by atoms with Crippen molar-refractivity contribution in [1.29, 1.82) is 0 Å². The first-order valence-electron chi connectivity index (χ1n) is 6.67. The van der Waals surface area contributed by atoms with Crippen molar-refractivity contribution in [3.8, 4) is 0 Å². The van der Waals surface area contributed by atoms with Gasteiger partial charge in [0.05, 0.1) is 6.10 Å². The Morgan fingerprint density at radius 1 is 1.21 bits per heavy atom. The second-order valence-electron chi connectivity index (χ2n) is 5.31. The fraction of sp³-hybridized carbons (Fsp3) is 0.294. The summed E-state index contributed by atoms with van der Waals surface area (Å²) in [4.78, 5) is 0. The van der Waals surface area contributed by atoms with Crippen molar-refractivity contribution < 1.29 is 5.11 Å². The molecular formula is C17H17ClO. The Labute approximate surface area is 118 Å². The maximum Gasteiger partial charge on any atom is 0.0799 e. The summed E-state index contributed by atoms with van der Waals surface area (Å²) < 4.78 is 0. The summed E-state index contributed by atoms with van der Waals surface area (Å²) in [7, 11) is 0. The molecule has 2 unspecified atom stereocenters. The summed E-state index contributed by atoms with van der Waals surface area (Å²) in [5, 5.41) is 11.2. The van der Waals surface area contributed by atoms with Crippen molar-refractivity contribution in [3.63, 3.8) is 0 Å². The minimum atomic E-state index is -0.433. The van der Waals surface area contributed by atoms with Crippen LogP contribution in [-0.2, 0) is 6.42 Å². The second-order valence-corrected chi connectivity index (χ2v) is 5.71. The molecule has 0 radical (unpaired) electrons. The van der Waals surface area contributed by atoms with Gasteiger partial charge < -0.3 is 5.11 Å². The molecule has 1 nitrogen and oxygen atoms in total. The average Bonchev–Trinajstić information content (AvgIpc) is 2.39. The zero-order valence-corrected chi connectivity index (χ0v) is 11.7. The van der Waals surface area contributed by atoms with E-state index < -0.39 is 6.10 Å². The normalized spacial score (nSPS) is 18.6. The molecule has 1 aliphatic carbocycles. The van der Waals surface area contributed by atoms with Gasteiger partial charge >= 0.3 is 0 Å². The van der Waals surface area contributed by atoms with Crippen LogP contribution in [0.3, 0.4) is 0 Å². The zero-order valence-electron chi connectivity index (χ0n) is 10.9. The SMILES string of the molecule is Cc1c(Cl)cccc1C(O)CC1Cc2ccccc21. The number of fused-ring (bicyclic) bond motifs is 1. The van der Waals surface area contributed by atoms with E-state index in [1.807, 2.05) is 25.1 Å². The first-order chi connectivity index (χ1) is 9.16. The lowest BCUT2D eigenvalue weighted by Gasteiger charge is -2.32. The Bertz CT molecular complexity index is 606. The maximum atomic E-state index is 10.4. The molecule has 0 spiro atoms. The van der Waals surface area contributed by atoms with Crippen molar-refractivity contribution in [2.75, 3.05) is 0 Å². The molecular weight excluding hydrogens is 256 g/mol. The Morgan fingerprint density at radius 3 is 2.79 bits per heavy atom. The van der Waals surface area contributed by atoms with E-state index in [0.717, 1.165) is 29.0 Å². The highest BCUT2D eigenvalue weighted by molar-refractivity contribution is 6.31. The Hall–Kier alpha value is -1.31. The number of rotatable bonds is 3. The molecule has 0 amide bonds. The monoisotopic (exact) mass is 272 g/mol. The molecule has 2 aromatic rings. The minimum absolute atomic E-state index is 0.433. The van der Waals surface area contributed by atoms with Gasteiger partial charge in [0.25, 0.3) is 0 Å². The summed E-state index contributed by atoms with van der Waals surface area (Å²) in [6.45, 7) is 1.97. The van der Waals surface area contributed by atoms with Gasteiger partial charge in [0.1, 0.15) is 0 Å². The van der Waals surface area contributed by atoms with Crippen LogP contribution < -0.4 is 0 Å². The molecule has 1 aliphatic rings. The molecule has 1 N–H and O–H groups in total. The van der Waals surface area contributed by atoms with Crippen LogP contribution >= 0.6 is 11.6 Å². The molecule has 2 aromatic carbocycles. The summed E-state index contributed by atoms with van der Waals surface area (Å²) >= 11 is 6.11. The van der Waals surface area contributed by atoms with Crippen LogP contribution in [0.5, 0.6) is 0 Å². The van der Waals surface area contributed by atoms with E-state index in [4.69, 9.17) is 11.6 Å². The van der Waals surface area contributed by atoms with Gasteiger partial charge in [-0.15, -0.1) is 0 Å². The smallest absolute Gasteiger partial charge is 0.0799 e. The number of aliphatic hydroxyl groups excluding tert-OH is 1. The summed E-state index contributed by atoms with van der Waals surface area (Å²) in [6, 6.07) is 14.2. The lowest BCUT2D eigenvalue weighted by Crippen LogP contribution is -2.19. The first kappa shape index (κ1) is 12.7. The quantitative estimate of drug-likeness (QED) is 0.877. The first-order valence-corrected chi connectivity index (χ1v) is 7.05. The highest BCUT2D eigenvalue weighted by Gasteiger charge is 2.28. The maximum absolute atomic E-state index is 10.4. The van der Waals surface area contributed by atoms with Crippen LogP contribution in [0.25, 0.3) is 0 Å². The third-order valence-electron chi connectivity index (χ3n) is 4.14. The highest BCUT2D eigenvalue weighted by Crippen LogP contribution is 2.41. The second kappa shape index (κ2) is 4.99. The standard InChI is InChI=1S/C17H17ClO/c1-11-14(7-4-8-16(11)18)17(19)10-13-9-12-5-2-3-6-15(12)13/h2-8,13,17,19H,9-10H2,1H3. The summed E-state index contributed by atoms with van der Waals surface area (Å²) in [6.07, 6.45) is 1.42. The van der Waals surface area contributed by atoms with Gasteiger partial charge in [-0.3, -0.25) is 0 Å². The van der Waals surface area contributed by atoms with E-state index in [9.17, 15) is 5.11 Å². The van der Waals surface area contributed by atoms with E-state index in [2.05, 4.69) is 24.3 Å². The number of benzene rings is 2. The number of halogens is 1. The number of aliphatic hydroxyl groups is 1. The van der Waals surface area contributed by atoms with Gasteiger partial charge in [-0.25, -0.2) is 0 Å². The lowest BCUT2D eigenvalue weighted by atomic mass is 9.74. The third kappa shape index (κ3) is 2.29. The molecule has 0 heterocycles. The molecule has 0 aromatic heterocycles. The van der Waals surface area contributed by atoms with Gasteiger partial charge in [-0.05, 0) is 54.0 Å². The fourth-order valence-electron chi connectivity index (χ4n) is 2.95. The summed E-state index contributed by atoms with van der Waals surface area (Å²) in [5.74, 6) is 0.476. The number of hydrogen-bond donors (Lipinski definition) is 1. The van der Waals surface area contributed by atoms with Crippen LogP contribution in [0.15, 0.2) is 42.5 Å². The van der Waals surface area contributed by atoms with E-state index >= 15 is 0 Å². The molecule has 2 heteroatoms. The van der Waals surface area contributed by atoms with Crippen molar-refractivity contribution in [1.82, 2.24) is 0 Å². The molecule has 2 atom stereocenters. The fourth-order valence-corrected chi connectivity index (χ4v) is 3.14. The highest BCUT2D eigenvalue weighted by atomic mass is 35.5. The number of hydrogen-bond acceptors (Lipinski definition) is 1. The summed E-state index contributed by atoms with van der Waals surface area (Å²) in [5.41, 5.74) is 4.75. The van der Waals surface area contributed by atoms with Crippen LogP contribution in [0, 0.1) is 6.92 Å². The van der Waals surface area contributed by atoms with Crippen molar-refractivity contribution in [3.05, 3.63) is 69.7 Å². The van der Waals surface area contributed by atoms with Crippen LogP contribution in [-0.4, -0.2) is 5.11 Å². The Balaban J connectivity index is 1.77. The van der Waals surface area contributed by atoms with Crippen molar-refractivity contribution in [2.24, 2.45) is 0 Å². The zero-order chi connectivity index (χ0) is 13.4. The predicted molar refractivity (Wildman–Crippen MR) is 78.7 cm³/mol. The average molecular weight is 273 g/mol. The van der Waals surface area contributed by atoms with Gasteiger partial charge in [-0.2, -0.15) is 0 Å². The van der Waals surface area contributed by atoms with Gasteiger partial charge in [0.2, 0.25) is 0 Å². The van der Waals surface area contributed by atoms with Crippen LogP contribution in [0.2, 0.25) is 5.02 Å². The van der Waals surface area contributed by atoms with Gasteiger partial charge in [0, 0.05) is 5.02 Å². The topological polar surface area (TPSA) is 20.2 Å². The van der Waals surface area contributed by atoms with E-state index in [-0.39, 0.29) is 0 Å². The van der Waals surface area contributed by atoms with Crippen LogP contribution in [0.1, 0.15) is 40.7 Å². The molecule has 0 saturated heterocycles. The molecule has 0 saturated carbocycles. The largest absolute Gasteiger partial charge is 0.388 e. The van der Waals surface area contributed by atoms with Crippen molar-refractivity contribution in [2.45, 2.75) is 31.8 Å². The Morgan fingerprint density at radius 2 is 2.00 bits per heavy atom. The molecule has 0 bridgehead atoms. The molecule has 19 heavy (non-hydrogen) atoms. The van der Waals surface area contributed by atoms with Gasteiger partial charge in [0.15, 0.2) is 0 Å². The van der Waals surface area contributed by atoms with Crippen molar-refractivity contribution >= 4 is 11.6 Å². The van der Waals surface area contributed by atoms with E-state index in [1.165, 1.54) is 11.1 Å². The molecule has 3 rings (SSSR count). The third-order valence-corrected chi connectivity index (χ3v) is 4.55. The van der Waals surface area contributed by atoms with Crippen LogP contribution in [0.4, 0.5) is 0 Å². The van der Waals surface area contributed by atoms with Gasteiger partial charge in [-0.1, -0.05) is 48.0 Å². The van der Waals surface area contributed by atoms with E-state index in [1.54, 1.807) is 0 Å². The molecule has 0 fully saturated rings. The molecule has 98 valence electrons. The Kier molecular flexibility index (Phi) is 3.34.